The molecule has 0 atom stereocenters. The van der Waals surface area contributed by atoms with E-state index in [2.05, 4.69) is 11.1 Å². The zero-order chi connectivity index (χ0) is 6.85. The van der Waals surface area contributed by atoms with Gasteiger partial charge in [-0.25, -0.2) is 4.98 Å². The zero-order valence-corrected chi connectivity index (χ0v) is 4.97. The van der Waals surface area contributed by atoms with Gasteiger partial charge in [0.05, 0.1) is 6.07 Å². The number of H-pyrrole nitrogens is 1. The SMILES string of the molecule is O=[N+]([O-])c1[c]cc(Cl)[nH]1. The Labute approximate surface area is 55.6 Å². The second kappa shape index (κ2) is 2.06. The fourth-order valence-electron chi connectivity index (χ4n) is 0.415. The molecule has 4 nitrogen and oxygen atoms in total. The molecule has 0 bridgehead atoms. The highest BCUT2D eigenvalue weighted by molar-refractivity contribution is 6.29. The minimum atomic E-state index is -0.591. The van der Waals surface area contributed by atoms with E-state index in [0.717, 1.165) is 0 Å². The minimum absolute atomic E-state index is 0.208. The molecule has 5 heteroatoms. The lowest BCUT2D eigenvalue weighted by atomic mass is 10.6. The molecule has 9 heavy (non-hydrogen) atoms. The van der Waals surface area contributed by atoms with E-state index >= 15 is 0 Å². The number of nitrogens with one attached hydrogen (secondary N) is 1. The molecule has 0 aliphatic carbocycles. The third-order valence-corrected chi connectivity index (χ3v) is 0.960. The molecule has 0 saturated heterocycles. The average molecular weight is 146 g/mol. The van der Waals surface area contributed by atoms with Gasteiger partial charge in [-0.3, -0.25) is 0 Å². The molecule has 0 aliphatic heterocycles. The zero-order valence-electron chi connectivity index (χ0n) is 4.22. The molecule has 47 valence electrons. The van der Waals surface area contributed by atoms with Gasteiger partial charge in [-0.1, -0.05) is 0 Å². The molecule has 1 aromatic rings. The molecule has 0 amide bonds. The maximum absolute atomic E-state index is 9.90. The Morgan fingerprint density at radius 2 is 2.56 bits per heavy atom. The summed E-state index contributed by atoms with van der Waals surface area (Å²) in [4.78, 5) is 11.6. The number of halogens is 1. The van der Waals surface area contributed by atoms with Gasteiger partial charge in [-0.2, -0.15) is 0 Å². The van der Waals surface area contributed by atoms with Gasteiger partial charge in [0.2, 0.25) is 0 Å². The Morgan fingerprint density at radius 3 is 2.78 bits per heavy atom. The Balaban J connectivity index is 2.98. The smallest absolute Gasteiger partial charge is 0.330 e. The van der Waals surface area contributed by atoms with Crippen molar-refractivity contribution in [3.8, 4) is 0 Å². The first kappa shape index (κ1) is 6.10. The predicted molar refractivity (Wildman–Crippen MR) is 31.3 cm³/mol. The molecule has 1 radical (unpaired) electrons. The van der Waals surface area contributed by atoms with Crippen molar-refractivity contribution in [3.63, 3.8) is 0 Å². The van der Waals surface area contributed by atoms with Crippen molar-refractivity contribution in [2.24, 2.45) is 0 Å². The maximum atomic E-state index is 9.90. The lowest BCUT2D eigenvalue weighted by molar-refractivity contribution is -0.389. The molecule has 0 aliphatic rings. The van der Waals surface area contributed by atoms with Crippen molar-refractivity contribution < 1.29 is 4.92 Å². The summed E-state index contributed by atoms with van der Waals surface area (Å²) in [6.45, 7) is 0. The quantitative estimate of drug-likeness (QED) is 0.479. The van der Waals surface area contributed by atoms with Crippen LogP contribution in [0.25, 0.3) is 0 Å². The summed E-state index contributed by atoms with van der Waals surface area (Å²) in [6, 6.07) is 3.62. The molecule has 1 N–H and O–H groups in total. The fourth-order valence-corrected chi connectivity index (χ4v) is 0.559. The van der Waals surface area contributed by atoms with Crippen LogP contribution in [0.15, 0.2) is 6.07 Å². The Kier molecular flexibility index (Phi) is 1.40. The Bertz CT molecular complexity index is 232. The van der Waals surface area contributed by atoms with Crippen LogP contribution in [-0.2, 0) is 0 Å². The van der Waals surface area contributed by atoms with E-state index in [-0.39, 0.29) is 11.0 Å². The molecule has 1 heterocycles. The van der Waals surface area contributed by atoms with Gasteiger partial charge in [0.1, 0.15) is 0 Å². The molecular weight excluding hydrogens is 144 g/mol. The van der Waals surface area contributed by atoms with Crippen LogP contribution in [0.3, 0.4) is 0 Å². The first-order valence-corrected chi connectivity index (χ1v) is 2.48. The van der Waals surface area contributed by atoms with Crippen LogP contribution in [0.4, 0.5) is 5.82 Å². The second-order valence-electron chi connectivity index (χ2n) is 1.37. The minimum Gasteiger partial charge on any atom is -0.358 e. The third kappa shape index (κ3) is 1.20. The summed E-state index contributed by atoms with van der Waals surface area (Å²) in [6.07, 6.45) is 0. The summed E-state index contributed by atoms with van der Waals surface area (Å²) < 4.78 is 0. The number of hydrogen-bond donors (Lipinski definition) is 1. The monoisotopic (exact) mass is 145 g/mol. The highest BCUT2D eigenvalue weighted by Gasteiger charge is 2.04. The first-order chi connectivity index (χ1) is 4.20. The molecule has 0 fully saturated rings. The highest BCUT2D eigenvalue weighted by Crippen LogP contribution is 2.12. The van der Waals surface area contributed by atoms with Crippen LogP contribution in [0.1, 0.15) is 0 Å². The third-order valence-electron chi connectivity index (χ3n) is 0.756. The van der Waals surface area contributed by atoms with Crippen LogP contribution in [0, 0.1) is 16.2 Å². The van der Waals surface area contributed by atoms with E-state index in [1.54, 1.807) is 0 Å². The van der Waals surface area contributed by atoms with E-state index in [9.17, 15) is 10.1 Å². The van der Waals surface area contributed by atoms with Gasteiger partial charge in [0.15, 0.2) is 5.15 Å². The lowest BCUT2D eigenvalue weighted by Gasteiger charge is -1.84. The van der Waals surface area contributed by atoms with Gasteiger partial charge >= 0.3 is 5.82 Å². The van der Waals surface area contributed by atoms with Gasteiger partial charge < -0.3 is 10.1 Å². The molecule has 0 saturated carbocycles. The normalized spacial score (nSPS) is 9.44. The standard InChI is InChI=1S/C4H2ClN2O2/c5-3-1-2-4(6-3)7(8)9/h1,6H. The second-order valence-corrected chi connectivity index (χ2v) is 1.77. The largest absolute Gasteiger partial charge is 0.358 e. The number of aromatic amines is 1. The summed E-state index contributed by atoms with van der Waals surface area (Å²) in [5, 5.41) is 10.1. The number of rotatable bonds is 1. The first-order valence-electron chi connectivity index (χ1n) is 2.11. The summed E-state index contributed by atoms with van der Waals surface area (Å²) >= 11 is 5.31. The topological polar surface area (TPSA) is 58.9 Å². The van der Waals surface area contributed by atoms with E-state index in [0.29, 0.717) is 0 Å². The molecule has 1 aromatic heterocycles. The van der Waals surface area contributed by atoms with E-state index < -0.39 is 4.92 Å². The molecule has 0 unspecified atom stereocenters. The highest BCUT2D eigenvalue weighted by atomic mass is 35.5. The fraction of sp³-hybridized carbons (Fsp3) is 0. The lowest BCUT2D eigenvalue weighted by Crippen LogP contribution is -1.85. The van der Waals surface area contributed by atoms with Crippen LogP contribution >= 0.6 is 11.6 Å². The van der Waals surface area contributed by atoms with Crippen molar-refractivity contribution >= 4 is 17.4 Å². The van der Waals surface area contributed by atoms with Crippen LogP contribution in [-0.4, -0.2) is 9.91 Å². The number of aromatic nitrogens is 1. The van der Waals surface area contributed by atoms with Crippen LogP contribution < -0.4 is 0 Å². The van der Waals surface area contributed by atoms with Crippen LogP contribution in [0.2, 0.25) is 5.15 Å². The van der Waals surface area contributed by atoms with Crippen molar-refractivity contribution in [2.45, 2.75) is 0 Å². The summed E-state index contributed by atoms with van der Waals surface area (Å²) in [5.41, 5.74) is 0. The summed E-state index contributed by atoms with van der Waals surface area (Å²) in [7, 11) is 0. The van der Waals surface area contributed by atoms with Gasteiger partial charge in [-0.05, 0) is 16.5 Å². The number of nitrogens with zero attached hydrogens (tertiary/aromatic N) is 1. The van der Waals surface area contributed by atoms with Crippen molar-refractivity contribution in [1.29, 1.82) is 0 Å². The predicted octanol–water partition coefficient (Wildman–Crippen LogP) is 1.38. The maximum Gasteiger partial charge on any atom is 0.330 e. The molecule has 0 aromatic carbocycles. The van der Waals surface area contributed by atoms with Crippen LogP contribution in [0.5, 0.6) is 0 Å². The van der Waals surface area contributed by atoms with Crippen molar-refractivity contribution in [1.82, 2.24) is 4.98 Å². The van der Waals surface area contributed by atoms with Crippen molar-refractivity contribution in [3.05, 3.63) is 27.4 Å². The molecular formula is C4H2ClN2O2. The van der Waals surface area contributed by atoms with Crippen molar-refractivity contribution in [2.75, 3.05) is 0 Å². The van der Waals surface area contributed by atoms with Gasteiger partial charge in [0.25, 0.3) is 0 Å². The number of hydrogen-bond acceptors (Lipinski definition) is 2. The van der Waals surface area contributed by atoms with E-state index in [4.69, 9.17) is 11.6 Å². The Hall–Kier alpha value is -1.03. The van der Waals surface area contributed by atoms with Gasteiger partial charge in [-0.15, -0.1) is 0 Å². The summed E-state index contributed by atoms with van der Waals surface area (Å²) in [5.74, 6) is -0.208. The van der Waals surface area contributed by atoms with E-state index in [1.165, 1.54) is 6.07 Å². The number of nitro groups is 1. The Morgan fingerprint density at radius 1 is 1.89 bits per heavy atom. The van der Waals surface area contributed by atoms with Gasteiger partial charge in [0, 0.05) is 6.07 Å². The van der Waals surface area contributed by atoms with E-state index in [1.807, 2.05) is 0 Å². The molecule has 1 rings (SSSR count). The average Bonchev–Trinajstić information content (AvgIpc) is 2.14. The molecule has 0 spiro atoms.